The van der Waals surface area contributed by atoms with Crippen molar-refractivity contribution in [2.24, 2.45) is 23.0 Å². The second kappa shape index (κ2) is 5.75. The van der Waals surface area contributed by atoms with E-state index < -0.39 is 5.41 Å². The molecule has 2 aliphatic rings. The minimum Gasteiger partial charge on any atom is -0.392 e. The van der Waals surface area contributed by atoms with Gasteiger partial charge >= 0.3 is 0 Å². The molecule has 0 aromatic rings. The van der Waals surface area contributed by atoms with Gasteiger partial charge in [-0.05, 0) is 37.5 Å². The summed E-state index contributed by atoms with van der Waals surface area (Å²) in [5.74, 6) is 1.15. The van der Waals surface area contributed by atoms with Gasteiger partial charge in [0.25, 0.3) is 0 Å². The van der Waals surface area contributed by atoms with Crippen molar-refractivity contribution in [3.05, 3.63) is 0 Å². The number of amides is 1. The number of ether oxygens (including phenoxy) is 1. The molecule has 1 saturated carbocycles. The van der Waals surface area contributed by atoms with Crippen molar-refractivity contribution in [1.82, 2.24) is 4.90 Å². The lowest BCUT2D eigenvalue weighted by Gasteiger charge is -2.48. The number of thiocarbonyl (C=S) groups is 1. The van der Waals surface area contributed by atoms with E-state index in [0.717, 1.165) is 45.4 Å². The molecule has 1 saturated heterocycles. The summed E-state index contributed by atoms with van der Waals surface area (Å²) in [5.41, 5.74) is 5.30. The number of hydrogen-bond acceptors (Lipinski definition) is 3. The zero-order valence-corrected chi connectivity index (χ0v) is 12.7. The zero-order valence-electron chi connectivity index (χ0n) is 11.9. The number of methoxy groups -OCH3 is 1. The maximum absolute atomic E-state index is 12.8. The zero-order chi connectivity index (χ0) is 14.0. The minimum absolute atomic E-state index is 0.152. The van der Waals surface area contributed by atoms with Gasteiger partial charge in [0.05, 0.1) is 17.0 Å². The monoisotopic (exact) mass is 284 g/mol. The highest BCUT2D eigenvalue weighted by Crippen LogP contribution is 2.47. The highest BCUT2D eigenvalue weighted by atomic mass is 32.1. The van der Waals surface area contributed by atoms with E-state index in [1.807, 2.05) is 4.90 Å². The molecule has 19 heavy (non-hydrogen) atoms. The van der Waals surface area contributed by atoms with Crippen LogP contribution in [0.3, 0.4) is 0 Å². The van der Waals surface area contributed by atoms with E-state index in [-0.39, 0.29) is 5.91 Å². The Kier molecular flexibility index (Phi) is 4.46. The Hall–Kier alpha value is -0.680. The molecule has 1 aliphatic carbocycles. The van der Waals surface area contributed by atoms with Crippen molar-refractivity contribution in [1.29, 1.82) is 0 Å². The van der Waals surface area contributed by atoms with Crippen molar-refractivity contribution >= 4 is 23.1 Å². The molecule has 2 rings (SSSR count). The van der Waals surface area contributed by atoms with E-state index >= 15 is 0 Å². The van der Waals surface area contributed by atoms with Gasteiger partial charge in [0.15, 0.2) is 0 Å². The summed E-state index contributed by atoms with van der Waals surface area (Å²) in [5, 5.41) is 0. The molecule has 0 radical (unpaired) electrons. The summed E-state index contributed by atoms with van der Waals surface area (Å²) in [6, 6.07) is 0. The van der Waals surface area contributed by atoms with Crippen LogP contribution in [0.25, 0.3) is 0 Å². The van der Waals surface area contributed by atoms with E-state index in [4.69, 9.17) is 22.7 Å². The molecule has 1 heterocycles. The summed E-state index contributed by atoms with van der Waals surface area (Å²) in [4.78, 5) is 15.1. The number of carbonyl (C=O) groups is 1. The van der Waals surface area contributed by atoms with Crippen LogP contribution in [-0.4, -0.2) is 42.6 Å². The molecule has 0 spiro atoms. The van der Waals surface area contributed by atoms with Crippen molar-refractivity contribution < 1.29 is 9.53 Å². The summed E-state index contributed by atoms with van der Waals surface area (Å²) in [6.07, 6.45) is 3.80. The summed E-state index contributed by atoms with van der Waals surface area (Å²) >= 11 is 5.17. The minimum atomic E-state index is -0.552. The first kappa shape index (κ1) is 14.7. The van der Waals surface area contributed by atoms with E-state index in [9.17, 15) is 4.79 Å². The van der Waals surface area contributed by atoms with E-state index in [1.54, 1.807) is 7.11 Å². The fourth-order valence-corrected chi connectivity index (χ4v) is 3.79. The molecule has 108 valence electrons. The van der Waals surface area contributed by atoms with Gasteiger partial charge in [-0.15, -0.1) is 0 Å². The summed E-state index contributed by atoms with van der Waals surface area (Å²) in [7, 11) is 1.71. The molecule has 0 bridgehead atoms. The molecule has 1 amide bonds. The van der Waals surface area contributed by atoms with Crippen LogP contribution in [0.5, 0.6) is 0 Å². The molecular weight excluding hydrogens is 260 g/mol. The Morgan fingerprint density at radius 1 is 1.53 bits per heavy atom. The summed E-state index contributed by atoms with van der Waals surface area (Å²) < 4.78 is 5.21. The predicted molar refractivity (Wildman–Crippen MR) is 78.8 cm³/mol. The molecule has 2 N–H and O–H groups in total. The highest BCUT2D eigenvalue weighted by Gasteiger charge is 2.52. The Bertz CT molecular complexity index is 364. The second-order valence-electron chi connectivity index (χ2n) is 6.17. The average molecular weight is 284 g/mol. The number of hydrogen-bond donors (Lipinski definition) is 1. The van der Waals surface area contributed by atoms with E-state index in [0.29, 0.717) is 16.8 Å². The van der Waals surface area contributed by atoms with Gasteiger partial charge in [0, 0.05) is 20.2 Å². The molecule has 1 unspecified atom stereocenters. The molecule has 2 fully saturated rings. The van der Waals surface area contributed by atoms with Crippen LogP contribution < -0.4 is 5.73 Å². The lowest BCUT2D eigenvalue weighted by Crippen LogP contribution is -2.58. The third-order valence-corrected chi connectivity index (χ3v) is 4.87. The Morgan fingerprint density at radius 3 is 2.74 bits per heavy atom. The lowest BCUT2D eigenvalue weighted by molar-refractivity contribution is -0.146. The average Bonchev–Trinajstić information content (AvgIpc) is 2.34. The quantitative estimate of drug-likeness (QED) is 0.796. The standard InChI is InChI=1S/C14H24N2O2S/c1-10-6-14(7-10,12(15)19)13(17)16-5-3-4-11(8-16)9-18-2/h10-11H,3-9H2,1-2H3,(H2,15,19). The largest absolute Gasteiger partial charge is 0.392 e. The van der Waals surface area contributed by atoms with Crippen molar-refractivity contribution in [3.8, 4) is 0 Å². The Morgan fingerprint density at radius 2 is 2.21 bits per heavy atom. The number of likely N-dealkylation sites (tertiary alicyclic amines) is 1. The predicted octanol–water partition coefficient (Wildman–Crippen LogP) is 1.57. The van der Waals surface area contributed by atoms with Crippen molar-refractivity contribution in [3.63, 3.8) is 0 Å². The number of piperidine rings is 1. The lowest BCUT2D eigenvalue weighted by atomic mass is 9.61. The second-order valence-corrected chi connectivity index (χ2v) is 6.61. The van der Waals surface area contributed by atoms with Crippen LogP contribution in [0.1, 0.15) is 32.6 Å². The maximum Gasteiger partial charge on any atom is 0.235 e. The van der Waals surface area contributed by atoms with Gasteiger partial charge in [0.2, 0.25) is 5.91 Å². The highest BCUT2D eigenvalue weighted by molar-refractivity contribution is 7.80. The fourth-order valence-electron chi connectivity index (χ4n) is 3.54. The van der Waals surface area contributed by atoms with Crippen LogP contribution in [0, 0.1) is 17.3 Å². The van der Waals surface area contributed by atoms with Gasteiger partial charge in [0.1, 0.15) is 0 Å². The topological polar surface area (TPSA) is 55.6 Å². The van der Waals surface area contributed by atoms with Gasteiger partial charge in [-0.1, -0.05) is 19.1 Å². The van der Waals surface area contributed by atoms with E-state index in [1.165, 1.54) is 0 Å². The normalized spacial score (nSPS) is 34.7. The fraction of sp³-hybridized carbons (Fsp3) is 0.857. The molecule has 1 atom stereocenters. The molecule has 4 nitrogen and oxygen atoms in total. The molecule has 5 heteroatoms. The van der Waals surface area contributed by atoms with Gasteiger partial charge in [-0.2, -0.15) is 0 Å². The van der Waals surface area contributed by atoms with Crippen molar-refractivity contribution in [2.75, 3.05) is 26.8 Å². The van der Waals surface area contributed by atoms with Gasteiger partial charge < -0.3 is 15.4 Å². The SMILES string of the molecule is COCC1CCCN(C(=O)C2(C(N)=S)CC(C)C2)C1. The van der Waals surface area contributed by atoms with E-state index in [2.05, 4.69) is 6.92 Å². The first-order valence-electron chi connectivity index (χ1n) is 7.08. The number of carbonyl (C=O) groups excluding carboxylic acids is 1. The van der Waals surface area contributed by atoms with Crippen molar-refractivity contribution in [2.45, 2.75) is 32.6 Å². The molecular formula is C14H24N2O2S. The maximum atomic E-state index is 12.8. The first-order chi connectivity index (χ1) is 8.99. The summed E-state index contributed by atoms with van der Waals surface area (Å²) in [6.45, 7) is 4.48. The Balaban J connectivity index is 2.04. The van der Waals surface area contributed by atoms with Crippen LogP contribution >= 0.6 is 12.2 Å². The third-order valence-electron chi connectivity index (χ3n) is 4.48. The van der Waals surface area contributed by atoms with Gasteiger partial charge in [-0.3, -0.25) is 4.79 Å². The van der Waals surface area contributed by atoms with Crippen LogP contribution in [-0.2, 0) is 9.53 Å². The Labute approximate surface area is 120 Å². The van der Waals surface area contributed by atoms with Crippen LogP contribution in [0.2, 0.25) is 0 Å². The third kappa shape index (κ3) is 2.77. The molecule has 1 aliphatic heterocycles. The van der Waals surface area contributed by atoms with Crippen LogP contribution in [0.15, 0.2) is 0 Å². The smallest absolute Gasteiger partial charge is 0.235 e. The molecule has 0 aromatic heterocycles. The molecule has 0 aromatic carbocycles. The number of rotatable bonds is 4. The first-order valence-corrected chi connectivity index (χ1v) is 7.48. The van der Waals surface area contributed by atoms with Gasteiger partial charge in [-0.25, -0.2) is 0 Å². The number of nitrogens with zero attached hydrogens (tertiary/aromatic N) is 1. The number of nitrogens with two attached hydrogens (primary N) is 1. The van der Waals surface area contributed by atoms with Crippen LogP contribution in [0.4, 0.5) is 0 Å².